The molecule has 0 spiro atoms. The second-order valence-corrected chi connectivity index (χ2v) is 5.88. The molecule has 1 N–H and O–H groups in total. The molecule has 2 aromatic rings. The van der Waals surface area contributed by atoms with Crippen molar-refractivity contribution in [3.63, 3.8) is 0 Å². The third-order valence-corrected chi connectivity index (χ3v) is 4.04. The van der Waals surface area contributed by atoms with Crippen LogP contribution in [-0.2, 0) is 6.42 Å². The van der Waals surface area contributed by atoms with E-state index >= 15 is 0 Å². The minimum atomic E-state index is 0.529. The number of aromatic nitrogens is 2. The number of rotatable bonds is 5. The lowest BCUT2D eigenvalue weighted by Gasteiger charge is -2.06. The Kier molecular flexibility index (Phi) is 3.48. The van der Waals surface area contributed by atoms with Gasteiger partial charge < -0.3 is 5.32 Å². The molecule has 2 aromatic heterocycles. The first-order valence-corrected chi connectivity index (χ1v) is 7.38. The Bertz CT molecular complexity index is 523. The molecule has 1 aliphatic carbocycles. The summed E-state index contributed by atoms with van der Waals surface area (Å²) >= 11 is 7.79. The zero-order valence-electron chi connectivity index (χ0n) is 9.90. The molecule has 0 atom stereocenters. The lowest BCUT2D eigenvalue weighted by molar-refractivity contribution is 0.917. The molecule has 1 saturated carbocycles. The molecule has 0 aromatic carbocycles. The van der Waals surface area contributed by atoms with Crippen molar-refractivity contribution in [2.75, 3.05) is 11.9 Å². The highest BCUT2D eigenvalue weighted by molar-refractivity contribution is 7.09. The van der Waals surface area contributed by atoms with Gasteiger partial charge in [-0.25, -0.2) is 9.97 Å². The van der Waals surface area contributed by atoms with Crippen LogP contribution in [0.25, 0.3) is 0 Å². The van der Waals surface area contributed by atoms with E-state index in [-0.39, 0.29) is 0 Å². The van der Waals surface area contributed by atoms with Gasteiger partial charge in [0.1, 0.15) is 16.8 Å². The van der Waals surface area contributed by atoms with Crippen LogP contribution in [0.15, 0.2) is 23.6 Å². The molecule has 5 heteroatoms. The molecule has 0 unspecified atom stereocenters. The summed E-state index contributed by atoms with van der Waals surface area (Å²) in [5.74, 6) is 2.26. The highest BCUT2D eigenvalue weighted by Gasteiger charge is 2.27. The van der Waals surface area contributed by atoms with Gasteiger partial charge in [0, 0.05) is 23.4 Å². The van der Waals surface area contributed by atoms with Gasteiger partial charge in [-0.05, 0) is 30.7 Å². The van der Waals surface area contributed by atoms with E-state index in [1.807, 2.05) is 0 Å². The second kappa shape index (κ2) is 5.24. The number of nitrogens with zero attached hydrogens (tertiary/aromatic N) is 2. The van der Waals surface area contributed by atoms with E-state index in [1.165, 1.54) is 17.7 Å². The maximum absolute atomic E-state index is 6.01. The normalized spacial score (nSPS) is 14.7. The molecule has 1 aliphatic rings. The van der Waals surface area contributed by atoms with Crippen molar-refractivity contribution in [2.24, 2.45) is 0 Å². The Hall–Kier alpha value is -1.13. The maximum Gasteiger partial charge on any atom is 0.135 e. The smallest absolute Gasteiger partial charge is 0.135 e. The Labute approximate surface area is 115 Å². The van der Waals surface area contributed by atoms with Gasteiger partial charge in [0.2, 0.25) is 0 Å². The molecule has 3 rings (SSSR count). The monoisotopic (exact) mass is 279 g/mol. The van der Waals surface area contributed by atoms with Crippen LogP contribution >= 0.6 is 22.9 Å². The van der Waals surface area contributed by atoms with Crippen LogP contribution in [0.4, 0.5) is 5.82 Å². The van der Waals surface area contributed by atoms with Gasteiger partial charge in [-0.1, -0.05) is 17.7 Å². The zero-order valence-corrected chi connectivity index (χ0v) is 11.5. The molecule has 0 radical (unpaired) electrons. The molecule has 2 heterocycles. The van der Waals surface area contributed by atoms with Crippen molar-refractivity contribution in [1.82, 2.24) is 9.97 Å². The van der Waals surface area contributed by atoms with E-state index in [0.717, 1.165) is 24.6 Å². The molecule has 0 saturated heterocycles. The largest absolute Gasteiger partial charge is 0.370 e. The first-order valence-electron chi connectivity index (χ1n) is 6.12. The van der Waals surface area contributed by atoms with Crippen LogP contribution in [0, 0.1) is 0 Å². The first-order chi connectivity index (χ1) is 8.81. The number of anilines is 1. The number of hydrogen-bond acceptors (Lipinski definition) is 4. The zero-order chi connectivity index (χ0) is 12.4. The van der Waals surface area contributed by atoms with Crippen molar-refractivity contribution in [3.05, 3.63) is 39.4 Å². The molecule has 0 aliphatic heterocycles. The average molecular weight is 280 g/mol. The Morgan fingerprint density at radius 1 is 1.39 bits per heavy atom. The van der Waals surface area contributed by atoms with Gasteiger partial charge in [-0.3, -0.25) is 0 Å². The van der Waals surface area contributed by atoms with E-state index in [9.17, 15) is 0 Å². The average Bonchev–Trinajstić information content (AvgIpc) is 3.08. The van der Waals surface area contributed by atoms with Gasteiger partial charge in [-0.2, -0.15) is 0 Å². The lowest BCUT2D eigenvalue weighted by Crippen LogP contribution is -2.07. The molecule has 94 valence electrons. The summed E-state index contributed by atoms with van der Waals surface area (Å²) < 4.78 is 0. The SMILES string of the molecule is Clc1cc(NCCc2cccs2)nc(C2CC2)n1. The van der Waals surface area contributed by atoms with Crippen LogP contribution in [0.1, 0.15) is 29.5 Å². The quantitative estimate of drug-likeness (QED) is 0.848. The van der Waals surface area contributed by atoms with E-state index in [2.05, 4.69) is 32.8 Å². The third kappa shape index (κ3) is 3.00. The van der Waals surface area contributed by atoms with Crippen LogP contribution in [-0.4, -0.2) is 16.5 Å². The van der Waals surface area contributed by atoms with Gasteiger partial charge in [-0.15, -0.1) is 11.3 Å². The summed E-state index contributed by atoms with van der Waals surface area (Å²) in [6.45, 7) is 0.873. The van der Waals surface area contributed by atoms with Crippen LogP contribution < -0.4 is 5.32 Å². The van der Waals surface area contributed by atoms with Crippen molar-refractivity contribution < 1.29 is 0 Å². The molecular weight excluding hydrogens is 266 g/mol. The lowest BCUT2D eigenvalue weighted by atomic mass is 10.3. The van der Waals surface area contributed by atoms with Crippen LogP contribution in [0.2, 0.25) is 5.15 Å². The Morgan fingerprint density at radius 3 is 3.00 bits per heavy atom. The second-order valence-electron chi connectivity index (χ2n) is 4.46. The fourth-order valence-corrected chi connectivity index (χ4v) is 2.72. The fraction of sp³-hybridized carbons (Fsp3) is 0.385. The number of hydrogen-bond donors (Lipinski definition) is 1. The molecule has 1 fully saturated rings. The number of halogens is 1. The maximum atomic E-state index is 6.01. The van der Waals surface area contributed by atoms with Crippen LogP contribution in [0.5, 0.6) is 0 Å². The van der Waals surface area contributed by atoms with E-state index < -0.39 is 0 Å². The molecule has 0 bridgehead atoms. The highest BCUT2D eigenvalue weighted by Crippen LogP contribution is 2.38. The molecule has 18 heavy (non-hydrogen) atoms. The summed E-state index contributed by atoms with van der Waals surface area (Å²) in [5.41, 5.74) is 0. The minimum absolute atomic E-state index is 0.529. The first kappa shape index (κ1) is 11.9. The summed E-state index contributed by atoms with van der Waals surface area (Å²) in [6.07, 6.45) is 3.39. The third-order valence-electron chi connectivity index (χ3n) is 2.91. The predicted octanol–water partition coefficient (Wildman–Crippen LogP) is 3.72. The van der Waals surface area contributed by atoms with Gasteiger partial charge >= 0.3 is 0 Å². The van der Waals surface area contributed by atoms with Crippen LogP contribution in [0.3, 0.4) is 0 Å². The fourth-order valence-electron chi connectivity index (χ4n) is 1.82. The standard InChI is InChI=1S/C13H14ClN3S/c14-11-8-12(17-13(16-11)9-3-4-9)15-6-5-10-2-1-7-18-10/h1-2,7-9H,3-6H2,(H,15,16,17). The Balaban J connectivity index is 1.61. The van der Waals surface area contributed by atoms with Gasteiger partial charge in [0.15, 0.2) is 0 Å². The molecular formula is C13H14ClN3S. The topological polar surface area (TPSA) is 37.8 Å². The Morgan fingerprint density at radius 2 is 2.28 bits per heavy atom. The molecule has 0 amide bonds. The summed E-state index contributed by atoms with van der Waals surface area (Å²) in [7, 11) is 0. The van der Waals surface area contributed by atoms with E-state index in [0.29, 0.717) is 11.1 Å². The van der Waals surface area contributed by atoms with Gasteiger partial charge in [0.05, 0.1) is 0 Å². The number of nitrogens with one attached hydrogen (secondary N) is 1. The van der Waals surface area contributed by atoms with Gasteiger partial charge in [0.25, 0.3) is 0 Å². The van der Waals surface area contributed by atoms with Crippen molar-refractivity contribution in [1.29, 1.82) is 0 Å². The van der Waals surface area contributed by atoms with E-state index in [1.54, 1.807) is 17.4 Å². The summed E-state index contributed by atoms with van der Waals surface area (Å²) in [5, 5.41) is 5.95. The van der Waals surface area contributed by atoms with Crippen molar-refractivity contribution in [3.8, 4) is 0 Å². The molecule has 3 nitrogen and oxygen atoms in total. The van der Waals surface area contributed by atoms with Crippen molar-refractivity contribution in [2.45, 2.75) is 25.2 Å². The summed E-state index contributed by atoms with van der Waals surface area (Å²) in [4.78, 5) is 10.2. The predicted molar refractivity (Wildman–Crippen MR) is 75.5 cm³/mol. The number of thiophene rings is 1. The highest BCUT2D eigenvalue weighted by atomic mass is 35.5. The van der Waals surface area contributed by atoms with Crippen molar-refractivity contribution >= 4 is 28.8 Å². The summed E-state index contributed by atoms with van der Waals surface area (Å²) in [6, 6.07) is 6.02. The van der Waals surface area contributed by atoms with E-state index in [4.69, 9.17) is 11.6 Å². The minimum Gasteiger partial charge on any atom is -0.370 e.